The predicted molar refractivity (Wildman–Crippen MR) is 130 cm³/mol. The molecule has 1 N–H and O–H groups in total. The number of aliphatic imine (C=N–C) groups is 1. The van der Waals surface area contributed by atoms with Crippen molar-refractivity contribution in [3.8, 4) is 0 Å². The molecule has 7 nitrogen and oxygen atoms in total. The number of ether oxygens (including phenoxy) is 1. The van der Waals surface area contributed by atoms with E-state index in [2.05, 4.69) is 20.1 Å². The van der Waals surface area contributed by atoms with Crippen LogP contribution in [0.15, 0.2) is 46.3 Å². The lowest BCUT2D eigenvalue weighted by Gasteiger charge is -2.38. The lowest BCUT2D eigenvalue weighted by atomic mass is 10.1. The van der Waals surface area contributed by atoms with E-state index in [4.69, 9.17) is 25.7 Å². The number of rotatable bonds is 6. The fraction of sp³-hybridized carbons (Fsp3) is 0.524. The lowest BCUT2D eigenvalue weighted by molar-refractivity contribution is 0.187. The molecule has 2 fully saturated rings. The van der Waals surface area contributed by atoms with Gasteiger partial charge in [0.1, 0.15) is 5.76 Å². The Kier molecular flexibility index (Phi) is 9.07. The highest BCUT2D eigenvalue weighted by Crippen LogP contribution is 2.25. The molecule has 0 aromatic carbocycles. The van der Waals surface area contributed by atoms with Gasteiger partial charge in [0.15, 0.2) is 5.96 Å². The van der Waals surface area contributed by atoms with Gasteiger partial charge in [-0.05, 0) is 24.6 Å². The molecule has 0 aliphatic carbocycles. The van der Waals surface area contributed by atoms with Gasteiger partial charge in [-0.3, -0.25) is 9.98 Å². The minimum atomic E-state index is 0. The highest BCUT2D eigenvalue weighted by atomic mass is 127. The SMILES string of the molecule is Clc1cnccc1N1CCN(C(=NCC2CCOC2)NCCc2ccco2)CC1.I. The highest BCUT2D eigenvalue weighted by molar-refractivity contribution is 14.0. The van der Waals surface area contributed by atoms with Crippen LogP contribution < -0.4 is 10.2 Å². The summed E-state index contributed by atoms with van der Waals surface area (Å²) in [6, 6.07) is 5.91. The van der Waals surface area contributed by atoms with E-state index >= 15 is 0 Å². The zero-order valence-corrected chi connectivity index (χ0v) is 20.1. The summed E-state index contributed by atoms with van der Waals surface area (Å²) in [6.45, 7) is 6.86. The summed E-state index contributed by atoms with van der Waals surface area (Å²) >= 11 is 6.32. The first-order valence-electron chi connectivity index (χ1n) is 10.3. The molecule has 4 rings (SSSR count). The van der Waals surface area contributed by atoms with Gasteiger partial charge in [0.2, 0.25) is 0 Å². The molecule has 2 aliphatic heterocycles. The second-order valence-corrected chi connectivity index (χ2v) is 7.86. The number of furan rings is 1. The Hall–Kier alpha value is -1.52. The van der Waals surface area contributed by atoms with Crippen LogP contribution in [0.5, 0.6) is 0 Å². The summed E-state index contributed by atoms with van der Waals surface area (Å²) in [7, 11) is 0. The second kappa shape index (κ2) is 11.8. The van der Waals surface area contributed by atoms with Crippen molar-refractivity contribution in [2.75, 3.05) is 57.4 Å². The van der Waals surface area contributed by atoms with Gasteiger partial charge in [0.05, 0.1) is 23.6 Å². The smallest absolute Gasteiger partial charge is 0.194 e. The number of pyridine rings is 1. The van der Waals surface area contributed by atoms with Gasteiger partial charge in [-0.2, -0.15) is 0 Å². The van der Waals surface area contributed by atoms with Crippen molar-refractivity contribution in [2.45, 2.75) is 12.8 Å². The number of nitrogens with zero attached hydrogens (tertiary/aromatic N) is 4. The Balaban J connectivity index is 0.00000256. The predicted octanol–water partition coefficient (Wildman–Crippen LogP) is 3.29. The number of nitrogens with one attached hydrogen (secondary N) is 1. The monoisotopic (exact) mass is 545 g/mol. The number of piperazine rings is 1. The third-order valence-electron chi connectivity index (χ3n) is 5.43. The first-order valence-corrected chi connectivity index (χ1v) is 10.7. The van der Waals surface area contributed by atoms with Crippen molar-refractivity contribution in [1.29, 1.82) is 0 Å². The summed E-state index contributed by atoms with van der Waals surface area (Å²) < 4.78 is 10.9. The zero-order chi connectivity index (χ0) is 19.9. The standard InChI is InChI=1S/C21H28ClN5O2.HI/c22-19-15-23-6-4-20(19)26-8-10-27(11-9-26)21(25-14-17-5-13-28-16-17)24-7-3-18-2-1-12-29-18;/h1-2,4,6,12,15,17H,3,5,7-11,13-14,16H2,(H,24,25);1H. The highest BCUT2D eigenvalue weighted by Gasteiger charge is 2.22. The van der Waals surface area contributed by atoms with Crippen LogP contribution in [-0.2, 0) is 11.2 Å². The van der Waals surface area contributed by atoms with E-state index < -0.39 is 0 Å². The quantitative estimate of drug-likeness (QED) is 0.341. The van der Waals surface area contributed by atoms with Crippen molar-refractivity contribution < 1.29 is 9.15 Å². The number of aromatic nitrogens is 1. The van der Waals surface area contributed by atoms with Gasteiger partial charge in [0, 0.05) is 70.6 Å². The average Bonchev–Trinajstić information content (AvgIpc) is 3.45. The van der Waals surface area contributed by atoms with Gasteiger partial charge >= 0.3 is 0 Å². The van der Waals surface area contributed by atoms with E-state index in [0.717, 1.165) is 82.7 Å². The molecule has 1 atom stereocenters. The van der Waals surface area contributed by atoms with Crippen LogP contribution in [0.1, 0.15) is 12.2 Å². The molecule has 0 saturated carbocycles. The van der Waals surface area contributed by atoms with E-state index in [0.29, 0.717) is 10.9 Å². The van der Waals surface area contributed by atoms with Crippen molar-refractivity contribution in [2.24, 2.45) is 10.9 Å². The normalized spacial score (nSPS) is 19.6. The van der Waals surface area contributed by atoms with E-state index in [-0.39, 0.29) is 24.0 Å². The summed E-state index contributed by atoms with van der Waals surface area (Å²) in [5.74, 6) is 2.48. The van der Waals surface area contributed by atoms with Crippen molar-refractivity contribution in [3.63, 3.8) is 0 Å². The van der Waals surface area contributed by atoms with Crippen molar-refractivity contribution in [1.82, 2.24) is 15.2 Å². The molecule has 0 spiro atoms. The largest absolute Gasteiger partial charge is 0.469 e. The van der Waals surface area contributed by atoms with Gasteiger partial charge in [-0.25, -0.2) is 0 Å². The third-order valence-corrected chi connectivity index (χ3v) is 5.72. The van der Waals surface area contributed by atoms with Crippen LogP contribution >= 0.6 is 35.6 Å². The number of hydrogen-bond donors (Lipinski definition) is 1. The van der Waals surface area contributed by atoms with Crippen LogP contribution in [-0.4, -0.2) is 68.3 Å². The second-order valence-electron chi connectivity index (χ2n) is 7.45. The Labute approximate surface area is 199 Å². The van der Waals surface area contributed by atoms with Crippen LogP contribution in [0.2, 0.25) is 5.02 Å². The zero-order valence-electron chi connectivity index (χ0n) is 17.0. The average molecular weight is 546 g/mol. The van der Waals surface area contributed by atoms with Gasteiger partial charge in [0.25, 0.3) is 0 Å². The Morgan fingerprint density at radius 2 is 2.13 bits per heavy atom. The van der Waals surface area contributed by atoms with E-state index in [1.165, 1.54) is 0 Å². The maximum Gasteiger partial charge on any atom is 0.194 e. The summed E-state index contributed by atoms with van der Waals surface area (Å²) in [6.07, 6.45) is 7.15. The van der Waals surface area contributed by atoms with E-state index in [9.17, 15) is 0 Å². The summed E-state index contributed by atoms with van der Waals surface area (Å²) in [5, 5.41) is 4.24. The topological polar surface area (TPSA) is 66.1 Å². The molecular weight excluding hydrogens is 517 g/mol. The number of halogens is 2. The molecule has 30 heavy (non-hydrogen) atoms. The number of hydrogen-bond acceptors (Lipinski definition) is 5. The van der Waals surface area contributed by atoms with Crippen LogP contribution in [0.3, 0.4) is 0 Å². The summed E-state index contributed by atoms with van der Waals surface area (Å²) in [4.78, 5) is 13.7. The number of anilines is 1. The molecule has 0 amide bonds. The first kappa shape index (κ1) is 23.1. The van der Waals surface area contributed by atoms with Crippen LogP contribution in [0.25, 0.3) is 0 Å². The fourth-order valence-corrected chi connectivity index (χ4v) is 3.99. The molecule has 2 aliphatic rings. The summed E-state index contributed by atoms with van der Waals surface area (Å²) in [5.41, 5.74) is 1.05. The Morgan fingerprint density at radius 3 is 2.83 bits per heavy atom. The van der Waals surface area contributed by atoms with Gasteiger partial charge in [-0.1, -0.05) is 11.6 Å². The van der Waals surface area contributed by atoms with Crippen LogP contribution in [0.4, 0.5) is 5.69 Å². The molecule has 4 heterocycles. The van der Waals surface area contributed by atoms with E-state index in [1.54, 1.807) is 18.7 Å². The molecule has 1 unspecified atom stereocenters. The minimum Gasteiger partial charge on any atom is -0.469 e. The lowest BCUT2D eigenvalue weighted by Crippen LogP contribution is -2.53. The van der Waals surface area contributed by atoms with E-state index in [1.807, 2.05) is 18.2 Å². The fourth-order valence-electron chi connectivity index (χ4n) is 3.75. The number of guanidine groups is 1. The molecular formula is C21H29ClIN5O2. The Morgan fingerprint density at radius 1 is 1.27 bits per heavy atom. The molecule has 164 valence electrons. The minimum absolute atomic E-state index is 0. The molecule has 2 aromatic heterocycles. The Bertz CT molecular complexity index is 790. The third kappa shape index (κ3) is 6.24. The van der Waals surface area contributed by atoms with Crippen molar-refractivity contribution in [3.05, 3.63) is 47.6 Å². The van der Waals surface area contributed by atoms with Crippen LogP contribution in [0, 0.1) is 5.92 Å². The van der Waals surface area contributed by atoms with Crippen molar-refractivity contribution >= 4 is 47.2 Å². The maximum absolute atomic E-state index is 6.32. The molecule has 0 radical (unpaired) electrons. The maximum atomic E-state index is 6.32. The molecule has 2 saturated heterocycles. The first-order chi connectivity index (χ1) is 14.3. The molecule has 2 aromatic rings. The molecule has 9 heteroatoms. The van der Waals surface area contributed by atoms with Gasteiger partial charge in [-0.15, -0.1) is 24.0 Å². The molecule has 0 bridgehead atoms. The van der Waals surface area contributed by atoms with Gasteiger partial charge < -0.3 is 24.3 Å².